The molecule has 5 nitrogen and oxygen atoms in total. The first-order valence-electron chi connectivity index (χ1n) is 8.46. The van der Waals surface area contributed by atoms with Crippen molar-refractivity contribution in [3.8, 4) is 11.5 Å². The van der Waals surface area contributed by atoms with Gasteiger partial charge in [-0.1, -0.05) is 32.9 Å². The molecule has 1 aliphatic rings. The average Bonchev–Trinajstić information content (AvgIpc) is 2.59. The van der Waals surface area contributed by atoms with E-state index in [-0.39, 0.29) is 17.9 Å². The zero-order valence-corrected chi connectivity index (χ0v) is 14.9. The van der Waals surface area contributed by atoms with Crippen LogP contribution in [0.25, 0.3) is 0 Å². The minimum Gasteiger partial charge on any atom is -0.486 e. The zero-order valence-electron chi connectivity index (χ0n) is 14.9. The van der Waals surface area contributed by atoms with E-state index in [1.165, 1.54) is 5.56 Å². The standard InChI is InChI=1S/C20H24N2O3/c1-20(2,3)14-4-6-15(7-5-14)22-19(23)13-21-16-8-9-17-18(12-16)25-11-10-24-17/h4-9,12,21H,10-11,13H2,1-3H3,(H,22,23). The van der Waals surface area contributed by atoms with E-state index in [0.717, 1.165) is 17.1 Å². The van der Waals surface area contributed by atoms with Crippen LogP contribution in [0.1, 0.15) is 26.3 Å². The van der Waals surface area contributed by atoms with E-state index in [1.807, 2.05) is 42.5 Å². The van der Waals surface area contributed by atoms with Gasteiger partial charge in [-0.15, -0.1) is 0 Å². The van der Waals surface area contributed by atoms with Gasteiger partial charge in [0.1, 0.15) is 13.2 Å². The Balaban J connectivity index is 1.54. The Hall–Kier alpha value is -2.69. The van der Waals surface area contributed by atoms with E-state index in [9.17, 15) is 4.79 Å². The van der Waals surface area contributed by atoms with Crippen molar-refractivity contribution < 1.29 is 14.3 Å². The van der Waals surface area contributed by atoms with Crippen molar-refractivity contribution >= 4 is 17.3 Å². The highest BCUT2D eigenvalue weighted by Crippen LogP contribution is 2.32. The van der Waals surface area contributed by atoms with E-state index in [0.29, 0.717) is 19.0 Å². The van der Waals surface area contributed by atoms with Crippen LogP contribution in [-0.4, -0.2) is 25.7 Å². The third-order valence-electron chi connectivity index (χ3n) is 4.03. The maximum absolute atomic E-state index is 12.1. The molecular formula is C20H24N2O3. The number of benzene rings is 2. The molecule has 0 unspecified atom stereocenters. The minimum atomic E-state index is -0.0987. The van der Waals surface area contributed by atoms with Crippen LogP contribution in [0.4, 0.5) is 11.4 Å². The number of carbonyl (C=O) groups is 1. The molecule has 2 N–H and O–H groups in total. The maximum atomic E-state index is 12.1. The van der Waals surface area contributed by atoms with Crippen LogP contribution in [0.5, 0.6) is 11.5 Å². The second kappa shape index (κ2) is 7.05. The van der Waals surface area contributed by atoms with Gasteiger partial charge in [0.05, 0.1) is 6.54 Å². The first-order valence-corrected chi connectivity index (χ1v) is 8.46. The largest absolute Gasteiger partial charge is 0.486 e. The number of fused-ring (bicyclic) bond motifs is 1. The highest BCUT2D eigenvalue weighted by Gasteiger charge is 2.14. The number of nitrogens with one attached hydrogen (secondary N) is 2. The van der Waals surface area contributed by atoms with E-state index in [4.69, 9.17) is 9.47 Å². The van der Waals surface area contributed by atoms with Crippen LogP contribution in [0.15, 0.2) is 42.5 Å². The molecule has 1 heterocycles. The third kappa shape index (κ3) is 4.44. The fourth-order valence-corrected chi connectivity index (χ4v) is 2.59. The molecule has 25 heavy (non-hydrogen) atoms. The monoisotopic (exact) mass is 340 g/mol. The number of carbonyl (C=O) groups excluding carboxylic acids is 1. The summed E-state index contributed by atoms with van der Waals surface area (Å²) in [6, 6.07) is 13.5. The zero-order chi connectivity index (χ0) is 17.9. The summed E-state index contributed by atoms with van der Waals surface area (Å²) in [6.45, 7) is 7.78. The summed E-state index contributed by atoms with van der Waals surface area (Å²) in [5.41, 5.74) is 2.95. The van der Waals surface area contributed by atoms with Crippen molar-refractivity contribution in [2.45, 2.75) is 26.2 Å². The second-order valence-corrected chi connectivity index (χ2v) is 7.09. The average molecular weight is 340 g/mol. The fraction of sp³-hybridized carbons (Fsp3) is 0.350. The summed E-state index contributed by atoms with van der Waals surface area (Å²) < 4.78 is 11.0. The molecule has 0 bridgehead atoms. The Morgan fingerprint density at radius 1 is 0.960 bits per heavy atom. The molecule has 1 aliphatic heterocycles. The quantitative estimate of drug-likeness (QED) is 0.889. The molecule has 132 valence electrons. The third-order valence-corrected chi connectivity index (χ3v) is 4.03. The predicted molar refractivity (Wildman–Crippen MR) is 99.7 cm³/mol. The molecule has 5 heteroatoms. The molecule has 0 saturated carbocycles. The lowest BCUT2D eigenvalue weighted by Crippen LogP contribution is -2.22. The number of hydrogen-bond donors (Lipinski definition) is 2. The predicted octanol–water partition coefficient (Wildman–Crippen LogP) is 3.81. The van der Waals surface area contributed by atoms with Crippen LogP contribution in [0.3, 0.4) is 0 Å². The number of hydrogen-bond acceptors (Lipinski definition) is 4. The van der Waals surface area contributed by atoms with Gasteiger partial charge in [0, 0.05) is 17.4 Å². The van der Waals surface area contributed by atoms with Crippen molar-refractivity contribution in [3.05, 3.63) is 48.0 Å². The van der Waals surface area contributed by atoms with Crippen molar-refractivity contribution in [3.63, 3.8) is 0 Å². The molecule has 0 fully saturated rings. The molecule has 2 aromatic carbocycles. The summed E-state index contributed by atoms with van der Waals surface area (Å²) in [7, 11) is 0. The molecular weight excluding hydrogens is 316 g/mol. The Bertz CT molecular complexity index is 749. The topological polar surface area (TPSA) is 59.6 Å². The Morgan fingerprint density at radius 3 is 2.28 bits per heavy atom. The Morgan fingerprint density at radius 2 is 1.60 bits per heavy atom. The van der Waals surface area contributed by atoms with Gasteiger partial charge in [-0.05, 0) is 35.2 Å². The van der Waals surface area contributed by atoms with Crippen molar-refractivity contribution in [2.24, 2.45) is 0 Å². The molecule has 2 aromatic rings. The number of ether oxygens (including phenoxy) is 2. The van der Waals surface area contributed by atoms with Crippen LogP contribution in [0, 0.1) is 0 Å². The summed E-state index contributed by atoms with van der Waals surface area (Å²) >= 11 is 0. The van der Waals surface area contributed by atoms with Gasteiger partial charge in [0.15, 0.2) is 11.5 Å². The highest BCUT2D eigenvalue weighted by molar-refractivity contribution is 5.93. The van der Waals surface area contributed by atoms with Crippen LogP contribution >= 0.6 is 0 Å². The van der Waals surface area contributed by atoms with Gasteiger partial charge in [-0.2, -0.15) is 0 Å². The van der Waals surface area contributed by atoms with E-state index < -0.39 is 0 Å². The highest BCUT2D eigenvalue weighted by atomic mass is 16.6. The summed E-state index contributed by atoms with van der Waals surface area (Å²) in [5.74, 6) is 1.34. The normalized spacial score (nSPS) is 13.2. The van der Waals surface area contributed by atoms with Gasteiger partial charge < -0.3 is 20.1 Å². The number of anilines is 2. The summed E-state index contributed by atoms with van der Waals surface area (Å²) in [6.07, 6.45) is 0. The maximum Gasteiger partial charge on any atom is 0.243 e. The molecule has 0 spiro atoms. The van der Waals surface area contributed by atoms with Crippen molar-refractivity contribution in [1.29, 1.82) is 0 Å². The molecule has 0 saturated heterocycles. The van der Waals surface area contributed by atoms with Crippen LogP contribution < -0.4 is 20.1 Å². The molecule has 0 aromatic heterocycles. The molecule has 0 radical (unpaired) electrons. The molecule has 1 amide bonds. The smallest absolute Gasteiger partial charge is 0.243 e. The van der Waals surface area contributed by atoms with Crippen LogP contribution in [0.2, 0.25) is 0 Å². The molecule has 0 aliphatic carbocycles. The minimum absolute atomic E-state index is 0.0987. The summed E-state index contributed by atoms with van der Waals surface area (Å²) in [5, 5.41) is 6.00. The Kier molecular flexibility index (Phi) is 4.83. The number of rotatable bonds is 4. The number of amides is 1. The van der Waals surface area contributed by atoms with Gasteiger partial charge in [-0.3, -0.25) is 4.79 Å². The van der Waals surface area contributed by atoms with Gasteiger partial charge in [0.25, 0.3) is 0 Å². The van der Waals surface area contributed by atoms with Gasteiger partial charge in [-0.25, -0.2) is 0 Å². The lowest BCUT2D eigenvalue weighted by atomic mass is 9.87. The first-order chi connectivity index (χ1) is 11.9. The van der Waals surface area contributed by atoms with Gasteiger partial charge in [0.2, 0.25) is 5.91 Å². The Labute approximate surface area is 148 Å². The summed E-state index contributed by atoms with van der Waals surface area (Å²) in [4.78, 5) is 12.1. The van der Waals surface area contributed by atoms with Gasteiger partial charge >= 0.3 is 0 Å². The van der Waals surface area contributed by atoms with Crippen molar-refractivity contribution in [1.82, 2.24) is 0 Å². The van der Waals surface area contributed by atoms with E-state index in [1.54, 1.807) is 0 Å². The first kappa shape index (κ1) is 17.1. The fourth-order valence-electron chi connectivity index (χ4n) is 2.59. The van der Waals surface area contributed by atoms with Crippen LogP contribution in [-0.2, 0) is 10.2 Å². The van der Waals surface area contributed by atoms with E-state index >= 15 is 0 Å². The SMILES string of the molecule is CC(C)(C)c1ccc(NC(=O)CNc2ccc3c(c2)OCCO3)cc1. The van der Waals surface area contributed by atoms with E-state index in [2.05, 4.69) is 31.4 Å². The molecule has 0 atom stereocenters. The van der Waals surface area contributed by atoms with Crippen molar-refractivity contribution in [2.75, 3.05) is 30.4 Å². The lowest BCUT2D eigenvalue weighted by molar-refractivity contribution is -0.114. The second-order valence-electron chi connectivity index (χ2n) is 7.09. The molecule has 3 rings (SSSR count). The lowest BCUT2D eigenvalue weighted by Gasteiger charge is -2.19.